The molecule has 0 aliphatic rings. The van der Waals surface area contributed by atoms with Gasteiger partial charge in [0.2, 0.25) is 0 Å². The molecule has 0 saturated carbocycles. The Kier molecular flexibility index (Phi) is 10.7. The summed E-state index contributed by atoms with van der Waals surface area (Å²) in [7, 11) is 0. The van der Waals surface area contributed by atoms with E-state index in [1.54, 1.807) is 6.20 Å². The number of rotatable bonds is 9. The third kappa shape index (κ3) is 8.19. The molecule has 0 radical (unpaired) electrons. The Morgan fingerprint density at radius 1 is 1.21 bits per heavy atom. The minimum atomic E-state index is 0. The van der Waals surface area contributed by atoms with Crippen LogP contribution >= 0.6 is 24.0 Å². The Morgan fingerprint density at radius 2 is 2.04 bits per heavy atom. The summed E-state index contributed by atoms with van der Waals surface area (Å²) in [6.45, 7) is 5.84. The Labute approximate surface area is 160 Å². The van der Waals surface area contributed by atoms with Crippen molar-refractivity contribution in [2.75, 3.05) is 26.2 Å². The number of aromatic nitrogens is 2. The van der Waals surface area contributed by atoms with E-state index < -0.39 is 0 Å². The van der Waals surface area contributed by atoms with Gasteiger partial charge in [-0.3, -0.25) is 9.67 Å². The zero-order chi connectivity index (χ0) is 16.2. The van der Waals surface area contributed by atoms with Crippen LogP contribution in [0.4, 0.5) is 0 Å². The number of nitrogens with zero attached hydrogens (tertiary/aromatic N) is 3. The lowest BCUT2D eigenvalue weighted by molar-refractivity contribution is 0.322. The van der Waals surface area contributed by atoms with E-state index in [4.69, 9.17) is 4.74 Å². The first-order valence-corrected chi connectivity index (χ1v) is 8.06. The third-order valence-corrected chi connectivity index (χ3v) is 3.13. The molecule has 0 spiro atoms. The van der Waals surface area contributed by atoms with Crippen LogP contribution in [0.5, 0.6) is 5.75 Å². The SMILES string of the molecule is CCNC(=NCCCn1cccn1)NCCOc1ccccc1.I. The first-order chi connectivity index (χ1) is 11.4. The molecule has 0 unspecified atom stereocenters. The van der Waals surface area contributed by atoms with Crippen LogP contribution in [-0.2, 0) is 6.54 Å². The second-order valence-electron chi connectivity index (χ2n) is 4.97. The lowest BCUT2D eigenvalue weighted by atomic mass is 10.3. The highest BCUT2D eigenvalue weighted by Crippen LogP contribution is 2.07. The van der Waals surface area contributed by atoms with Crippen molar-refractivity contribution in [3.63, 3.8) is 0 Å². The molecule has 0 bridgehead atoms. The number of benzene rings is 1. The normalized spacial score (nSPS) is 10.8. The van der Waals surface area contributed by atoms with Gasteiger partial charge in [0.05, 0.1) is 6.54 Å². The molecule has 0 fully saturated rings. The van der Waals surface area contributed by atoms with E-state index in [1.807, 2.05) is 47.3 Å². The van der Waals surface area contributed by atoms with Crippen LogP contribution in [0.3, 0.4) is 0 Å². The van der Waals surface area contributed by atoms with Crippen molar-refractivity contribution in [3.8, 4) is 5.75 Å². The Hall–Kier alpha value is -1.77. The Balaban J connectivity index is 0.00000288. The lowest BCUT2D eigenvalue weighted by Crippen LogP contribution is -2.39. The van der Waals surface area contributed by atoms with E-state index in [2.05, 4.69) is 27.6 Å². The molecule has 1 aromatic carbocycles. The van der Waals surface area contributed by atoms with Crippen molar-refractivity contribution in [1.82, 2.24) is 20.4 Å². The molecule has 2 rings (SSSR count). The molecule has 0 amide bonds. The maximum atomic E-state index is 5.65. The quantitative estimate of drug-likeness (QED) is 0.271. The molecule has 2 aromatic rings. The van der Waals surface area contributed by atoms with Crippen molar-refractivity contribution in [2.45, 2.75) is 19.9 Å². The molecule has 24 heavy (non-hydrogen) atoms. The summed E-state index contributed by atoms with van der Waals surface area (Å²) in [5.41, 5.74) is 0. The number of hydrogen-bond acceptors (Lipinski definition) is 3. The van der Waals surface area contributed by atoms with E-state index in [0.29, 0.717) is 13.2 Å². The average molecular weight is 443 g/mol. The minimum absolute atomic E-state index is 0. The van der Waals surface area contributed by atoms with Crippen LogP contribution in [0.2, 0.25) is 0 Å². The molecule has 1 aromatic heterocycles. The maximum absolute atomic E-state index is 5.65. The van der Waals surface area contributed by atoms with Gasteiger partial charge in [0.1, 0.15) is 12.4 Å². The van der Waals surface area contributed by atoms with Gasteiger partial charge in [-0.15, -0.1) is 24.0 Å². The highest BCUT2D eigenvalue weighted by molar-refractivity contribution is 14.0. The number of halogens is 1. The predicted molar refractivity (Wildman–Crippen MR) is 108 cm³/mol. The van der Waals surface area contributed by atoms with Gasteiger partial charge in [-0.1, -0.05) is 18.2 Å². The topological polar surface area (TPSA) is 63.5 Å². The number of aryl methyl sites for hydroxylation is 1. The summed E-state index contributed by atoms with van der Waals surface area (Å²) in [6.07, 6.45) is 4.72. The smallest absolute Gasteiger partial charge is 0.191 e. The molecule has 2 N–H and O–H groups in total. The molecular formula is C17H26IN5O. The zero-order valence-corrected chi connectivity index (χ0v) is 16.3. The molecule has 0 saturated heterocycles. The van der Waals surface area contributed by atoms with Gasteiger partial charge < -0.3 is 15.4 Å². The van der Waals surface area contributed by atoms with Crippen molar-refractivity contribution >= 4 is 29.9 Å². The van der Waals surface area contributed by atoms with Gasteiger partial charge in [0, 0.05) is 32.0 Å². The standard InChI is InChI=1S/C17H25N5O.HI/c1-2-18-17(19-10-6-13-22-14-7-11-21-22)20-12-15-23-16-8-4-3-5-9-16;/h3-5,7-9,11,14H,2,6,10,12-13,15H2,1H3,(H2,18,19,20);1H. The number of hydrogen-bond donors (Lipinski definition) is 2. The Bertz CT molecular complexity index is 560. The fraction of sp³-hybridized carbons (Fsp3) is 0.412. The molecule has 1 heterocycles. The summed E-state index contributed by atoms with van der Waals surface area (Å²) in [5, 5.41) is 10.7. The fourth-order valence-corrected chi connectivity index (χ4v) is 2.05. The van der Waals surface area contributed by atoms with Crippen LogP contribution in [0.1, 0.15) is 13.3 Å². The third-order valence-electron chi connectivity index (χ3n) is 3.13. The van der Waals surface area contributed by atoms with E-state index in [1.165, 1.54) is 0 Å². The van der Waals surface area contributed by atoms with Crippen molar-refractivity contribution in [3.05, 3.63) is 48.8 Å². The van der Waals surface area contributed by atoms with Crippen LogP contribution in [0.15, 0.2) is 53.8 Å². The first-order valence-electron chi connectivity index (χ1n) is 8.06. The van der Waals surface area contributed by atoms with Crippen LogP contribution in [-0.4, -0.2) is 42.0 Å². The molecule has 0 atom stereocenters. The zero-order valence-electron chi connectivity index (χ0n) is 14.0. The lowest BCUT2D eigenvalue weighted by Gasteiger charge is -2.12. The number of guanidine groups is 1. The molecule has 0 aliphatic carbocycles. The second kappa shape index (κ2) is 12.6. The molecule has 0 aliphatic heterocycles. The Morgan fingerprint density at radius 3 is 2.75 bits per heavy atom. The molecule has 6 nitrogen and oxygen atoms in total. The van der Waals surface area contributed by atoms with Crippen LogP contribution in [0, 0.1) is 0 Å². The van der Waals surface area contributed by atoms with Gasteiger partial charge >= 0.3 is 0 Å². The summed E-state index contributed by atoms with van der Waals surface area (Å²) in [4.78, 5) is 4.56. The summed E-state index contributed by atoms with van der Waals surface area (Å²) >= 11 is 0. The van der Waals surface area contributed by atoms with Crippen molar-refractivity contribution in [2.24, 2.45) is 4.99 Å². The largest absolute Gasteiger partial charge is 0.492 e. The number of para-hydroxylation sites is 1. The van der Waals surface area contributed by atoms with Gasteiger partial charge in [-0.2, -0.15) is 5.10 Å². The number of nitrogens with one attached hydrogen (secondary N) is 2. The van der Waals surface area contributed by atoms with Crippen molar-refractivity contribution in [1.29, 1.82) is 0 Å². The number of ether oxygens (including phenoxy) is 1. The van der Waals surface area contributed by atoms with E-state index >= 15 is 0 Å². The maximum Gasteiger partial charge on any atom is 0.191 e. The predicted octanol–water partition coefficient (Wildman–Crippen LogP) is 2.53. The second-order valence-corrected chi connectivity index (χ2v) is 4.97. The van der Waals surface area contributed by atoms with Gasteiger partial charge in [0.15, 0.2) is 5.96 Å². The van der Waals surface area contributed by atoms with Crippen LogP contribution in [0.25, 0.3) is 0 Å². The van der Waals surface area contributed by atoms with E-state index in [0.717, 1.165) is 37.8 Å². The summed E-state index contributed by atoms with van der Waals surface area (Å²) in [5.74, 6) is 1.71. The molecule has 7 heteroatoms. The van der Waals surface area contributed by atoms with Crippen molar-refractivity contribution < 1.29 is 4.74 Å². The highest BCUT2D eigenvalue weighted by atomic mass is 127. The average Bonchev–Trinajstić information content (AvgIpc) is 3.10. The van der Waals surface area contributed by atoms with Gasteiger partial charge in [0.25, 0.3) is 0 Å². The van der Waals surface area contributed by atoms with Gasteiger partial charge in [-0.25, -0.2) is 0 Å². The fourth-order valence-electron chi connectivity index (χ4n) is 2.05. The summed E-state index contributed by atoms with van der Waals surface area (Å²) < 4.78 is 7.57. The minimum Gasteiger partial charge on any atom is -0.492 e. The number of aliphatic imine (C=N–C) groups is 1. The monoisotopic (exact) mass is 443 g/mol. The van der Waals surface area contributed by atoms with Gasteiger partial charge in [-0.05, 0) is 31.5 Å². The van der Waals surface area contributed by atoms with Crippen LogP contribution < -0.4 is 15.4 Å². The highest BCUT2D eigenvalue weighted by Gasteiger charge is 1.97. The van der Waals surface area contributed by atoms with E-state index in [-0.39, 0.29) is 24.0 Å². The first kappa shape index (κ1) is 20.3. The molecule has 132 valence electrons. The molecular weight excluding hydrogens is 417 g/mol. The summed E-state index contributed by atoms with van der Waals surface area (Å²) in [6, 6.07) is 11.7. The van der Waals surface area contributed by atoms with E-state index in [9.17, 15) is 0 Å².